The van der Waals surface area contributed by atoms with E-state index in [0.29, 0.717) is 12.0 Å². The molecule has 1 rings (SSSR count). The zero-order valence-electron chi connectivity index (χ0n) is 9.90. The maximum absolute atomic E-state index is 3.86. The maximum Gasteiger partial charge on any atom is 0.0351 e. The Bertz CT molecular complexity index is 217. The van der Waals surface area contributed by atoms with Crippen molar-refractivity contribution in [1.29, 1.82) is 0 Å². The predicted octanol–water partition coefficient (Wildman–Crippen LogP) is 3.30. The van der Waals surface area contributed by atoms with Gasteiger partial charge in [0.25, 0.3) is 0 Å². The maximum atomic E-state index is 3.86. The van der Waals surface area contributed by atoms with Crippen molar-refractivity contribution in [1.82, 2.24) is 4.90 Å². The second-order valence-electron chi connectivity index (χ2n) is 4.76. The van der Waals surface area contributed by atoms with E-state index in [9.17, 15) is 0 Å². The van der Waals surface area contributed by atoms with Crippen molar-refractivity contribution in [3.8, 4) is 0 Å². The lowest BCUT2D eigenvalue weighted by Crippen LogP contribution is -2.41. The molecule has 0 fully saturated rings. The highest BCUT2D eigenvalue weighted by molar-refractivity contribution is 5.03. The Morgan fingerprint density at radius 1 is 1.50 bits per heavy atom. The molecule has 0 spiro atoms. The van der Waals surface area contributed by atoms with Crippen LogP contribution in [0, 0.1) is 17.8 Å². The molecule has 14 heavy (non-hydrogen) atoms. The molecule has 0 N–H and O–H groups in total. The van der Waals surface area contributed by atoms with Gasteiger partial charge in [0.05, 0.1) is 0 Å². The summed E-state index contributed by atoms with van der Waals surface area (Å²) >= 11 is 0. The summed E-state index contributed by atoms with van der Waals surface area (Å²) in [5.74, 6) is 2.18. The summed E-state index contributed by atoms with van der Waals surface area (Å²) in [6.07, 6.45) is 7.79. The number of hydrogen-bond donors (Lipinski definition) is 0. The molecule has 1 aliphatic carbocycles. The molecule has 0 aromatic heterocycles. The smallest absolute Gasteiger partial charge is 0.0351 e. The van der Waals surface area contributed by atoms with Crippen LogP contribution in [0.5, 0.6) is 0 Å². The quantitative estimate of drug-likeness (QED) is 0.622. The van der Waals surface area contributed by atoms with E-state index in [0.717, 1.165) is 18.3 Å². The lowest BCUT2D eigenvalue weighted by molar-refractivity contribution is 0.146. The van der Waals surface area contributed by atoms with Gasteiger partial charge in [0.15, 0.2) is 0 Å². The first-order chi connectivity index (χ1) is 6.57. The number of rotatable bonds is 3. The van der Waals surface area contributed by atoms with Crippen LogP contribution in [0.25, 0.3) is 0 Å². The highest BCUT2D eigenvalue weighted by Gasteiger charge is 2.31. The predicted molar refractivity (Wildman–Crippen MR) is 63.0 cm³/mol. The third-order valence-corrected chi connectivity index (χ3v) is 3.45. The summed E-state index contributed by atoms with van der Waals surface area (Å²) in [6.45, 7) is 10.8. The molecule has 1 aliphatic rings. The monoisotopic (exact) mass is 193 g/mol. The molecular weight excluding hydrogens is 170 g/mol. The minimum absolute atomic E-state index is 0.632. The van der Waals surface area contributed by atoms with E-state index in [1.165, 1.54) is 0 Å². The van der Waals surface area contributed by atoms with E-state index < -0.39 is 0 Å². The Labute approximate surface area is 88.5 Å². The van der Waals surface area contributed by atoms with Gasteiger partial charge >= 0.3 is 0 Å². The fourth-order valence-electron chi connectivity index (χ4n) is 2.69. The summed E-state index contributed by atoms with van der Waals surface area (Å²) in [5.41, 5.74) is 0. The molecule has 0 saturated heterocycles. The Morgan fingerprint density at radius 2 is 2.14 bits per heavy atom. The third-order valence-electron chi connectivity index (χ3n) is 3.45. The van der Waals surface area contributed by atoms with Crippen LogP contribution >= 0.6 is 0 Å². The molecule has 0 amide bonds. The van der Waals surface area contributed by atoms with E-state index in [1.54, 1.807) is 0 Å². The molecule has 1 heteroatoms. The van der Waals surface area contributed by atoms with Gasteiger partial charge in [0.1, 0.15) is 0 Å². The van der Waals surface area contributed by atoms with Gasteiger partial charge in [-0.1, -0.05) is 39.5 Å². The van der Waals surface area contributed by atoms with E-state index in [1.807, 2.05) is 6.20 Å². The van der Waals surface area contributed by atoms with Crippen molar-refractivity contribution in [2.45, 2.75) is 33.2 Å². The van der Waals surface area contributed by atoms with Gasteiger partial charge in [0.2, 0.25) is 0 Å². The first kappa shape index (κ1) is 11.4. The van der Waals surface area contributed by atoms with Gasteiger partial charge in [-0.2, -0.15) is 0 Å². The van der Waals surface area contributed by atoms with Crippen LogP contribution in [0.15, 0.2) is 24.9 Å². The molecule has 80 valence electrons. The number of allylic oxidation sites excluding steroid dienone is 1. The minimum Gasteiger partial charge on any atom is -0.377 e. The molecule has 0 aliphatic heterocycles. The molecule has 0 radical (unpaired) electrons. The zero-order chi connectivity index (χ0) is 10.7. The lowest BCUT2D eigenvalue weighted by atomic mass is 9.74. The van der Waals surface area contributed by atoms with Crippen molar-refractivity contribution >= 4 is 0 Å². The molecule has 0 bridgehead atoms. The average Bonchev–Trinajstić information content (AvgIpc) is 2.15. The van der Waals surface area contributed by atoms with Crippen molar-refractivity contribution in [2.24, 2.45) is 17.8 Å². The van der Waals surface area contributed by atoms with Gasteiger partial charge in [-0.3, -0.25) is 0 Å². The van der Waals surface area contributed by atoms with Crippen molar-refractivity contribution in [2.75, 3.05) is 7.05 Å². The van der Waals surface area contributed by atoms with Gasteiger partial charge in [-0.15, -0.1) is 0 Å². The van der Waals surface area contributed by atoms with Crippen molar-refractivity contribution < 1.29 is 0 Å². The second kappa shape index (κ2) is 4.68. The summed E-state index contributed by atoms with van der Waals surface area (Å²) in [6, 6.07) is 0.632. The molecule has 0 saturated carbocycles. The lowest BCUT2D eigenvalue weighted by Gasteiger charge is -2.40. The summed E-state index contributed by atoms with van der Waals surface area (Å²) < 4.78 is 0. The average molecular weight is 193 g/mol. The minimum atomic E-state index is 0.632. The largest absolute Gasteiger partial charge is 0.377 e. The summed E-state index contributed by atoms with van der Waals surface area (Å²) in [7, 11) is 2.14. The van der Waals surface area contributed by atoms with E-state index in [-0.39, 0.29) is 0 Å². The van der Waals surface area contributed by atoms with Crippen LogP contribution < -0.4 is 0 Å². The van der Waals surface area contributed by atoms with Crippen LogP contribution in [0.3, 0.4) is 0 Å². The molecule has 0 aromatic carbocycles. The fourth-order valence-corrected chi connectivity index (χ4v) is 2.69. The van der Waals surface area contributed by atoms with Gasteiger partial charge in [-0.25, -0.2) is 0 Å². The third kappa shape index (κ3) is 2.20. The van der Waals surface area contributed by atoms with Crippen LogP contribution in [0.4, 0.5) is 0 Å². The van der Waals surface area contributed by atoms with Gasteiger partial charge < -0.3 is 4.90 Å². The Balaban J connectivity index is 2.82. The van der Waals surface area contributed by atoms with Crippen LogP contribution in [0.1, 0.15) is 27.2 Å². The fraction of sp³-hybridized carbons (Fsp3) is 0.692. The van der Waals surface area contributed by atoms with E-state index >= 15 is 0 Å². The summed E-state index contributed by atoms with van der Waals surface area (Å²) in [5, 5.41) is 0. The number of hydrogen-bond acceptors (Lipinski definition) is 1. The molecular formula is C13H23N. The Kier molecular flexibility index (Phi) is 3.79. The molecule has 1 nitrogen and oxygen atoms in total. The standard InChI is InChI=1S/C13H23N/c1-6-14(5)12-9-7-8-11(4)13(12)10(2)3/h6-8,10-13H,1,9H2,2-5H3/t11-,12?,13+/m0/s1. The molecule has 0 aromatic rings. The first-order valence-electron chi connectivity index (χ1n) is 5.59. The second-order valence-corrected chi connectivity index (χ2v) is 4.76. The topological polar surface area (TPSA) is 3.24 Å². The molecule has 3 atom stereocenters. The van der Waals surface area contributed by atoms with E-state index in [2.05, 4.69) is 51.4 Å². The van der Waals surface area contributed by atoms with Crippen LogP contribution in [0.2, 0.25) is 0 Å². The molecule has 1 unspecified atom stereocenters. The van der Waals surface area contributed by atoms with Crippen molar-refractivity contribution in [3.63, 3.8) is 0 Å². The SMILES string of the molecule is C=CN(C)C1CC=C[C@H](C)[C@H]1C(C)C. The molecule has 0 heterocycles. The van der Waals surface area contributed by atoms with Gasteiger partial charge in [0, 0.05) is 13.1 Å². The Morgan fingerprint density at radius 3 is 2.64 bits per heavy atom. The highest BCUT2D eigenvalue weighted by atomic mass is 15.1. The van der Waals surface area contributed by atoms with E-state index in [4.69, 9.17) is 0 Å². The Hall–Kier alpha value is -0.720. The first-order valence-corrected chi connectivity index (χ1v) is 5.59. The highest BCUT2D eigenvalue weighted by Crippen LogP contribution is 2.33. The van der Waals surface area contributed by atoms with Crippen molar-refractivity contribution in [3.05, 3.63) is 24.9 Å². The number of nitrogens with zero attached hydrogens (tertiary/aromatic N) is 1. The zero-order valence-corrected chi connectivity index (χ0v) is 9.90. The van der Waals surface area contributed by atoms with Gasteiger partial charge in [-0.05, 0) is 30.4 Å². The van der Waals surface area contributed by atoms with Crippen LogP contribution in [-0.2, 0) is 0 Å². The summed E-state index contributed by atoms with van der Waals surface area (Å²) in [4.78, 5) is 2.27. The normalized spacial score (nSPS) is 31.9. The van der Waals surface area contributed by atoms with Crippen LogP contribution in [-0.4, -0.2) is 18.0 Å².